The number of nitrogens with one attached hydrogen (secondary N) is 1. The Morgan fingerprint density at radius 2 is 2.12 bits per heavy atom. The van der Waals surface area contributed by atoms with E-state index in [1.807, 2.05) is 6.07 Å². The van der Waals surface area contributed by atoms with E-state index in [0.717, 1.165) is 19.0 Å². The van der Waals surface area contributed by atoms with Crippen molar-refractivity contribution in [1.29, 1.82) is 0 Å². The third-order valence-corrected chi connectivity index (χ3v) is 4.35. The van der Waals surface area contributed by atoms with Gasteiger partial charge in [0.15, 0.2) is 0 Å². The van der Waals surface area contributed by atoms with Gasteiger partial charge in [0.05, 0.1) is 0 Å². The van der Waals surface area contributed by atoms with E-state index in [2.05, 4.69) is 39.4 Å². The minimum Gasteiger partial charge on any atom is -0.312 e. The Morgan fingerprint density at radius 1 is 1.31 bits per heavy atom. The molecule has 0 aliphatic heterocycles. The van der Waals surface area contributed by atoms with Gasteiger partial charge in [-0.1, -0.05) is 34.1 Å². The van der Waals surface area contributed by atoms with E-state index in [4.69, 9.17) is 11.6 Å². The molecule has 0 radical (unpaired) electrons. The highest BCUT2D eigenvalue weighted by atomic mass is 79.9. The van der Waals surface area contributed by atoms with Gasteiger partial charge in [-0.2, -0.15) is 0 Å². The summed E-state index contributed by atoms with van der Waals surface area (Å²) < 4.78 is 1.18. The van der Waals surface area contributed by atoms with Crippen LogP contribution in [0.25, 0.3) is 0 Å². The van der Waals surface area contributed by atoms with Crippen LogP contribution >= 0.6 is 27.5 Å². The van der Waals surface area contributed by atoms with Crippen molar-refractivity contribution in [3.05, 3.63) is 34.3 Å². The average Bonchev–Trinajstić information content (AvgIpc) is 2.67. The van der Waals surface area contributed by atoms with Gasteiger partial charge in [0.1, 0.15) is 0 Å². The molecule has 2 atom stereocenters. The van der Waals surface area contributed by atoms with Crippen LogP contribution in [-0.4, -0.2) is 11.9 Å². The zero-order valence-corrected chi connectivity index (χ0v) is 11.6. The highest BCUT2D eigenvalue weighted by Crippen LogP contribution is 2.28. The van der Waals surface area contributed by atoms with Crippen LogP contribution in [0.15, 0.2) is 28.7 Å². The lowest BCUT2D eigenvalue weighted by atomic mass is 10.1. The third kappa shape index (κ3) is 3.47. The zero-order valence-electron chi connectivity index (χ0n) is 9.26. The van der Waals surface area contributed by atoms with E-state index >= 15 is 0 Å². The van der Waals surface area contributed by atoms with Crippen molar-refractivity contribution in [3.63, 3.8) is 0 Å². The van der Waals surface area contributed by atoms with Crippen LogP contribution in [0.3, 0.4) is 0 Å². The van der Waals surface area contributed by atoms with Crippen LogP contribution in [0, 0.1) is 5.92 Å². The van der Waals surface area contributed by atoms with Crippen LogP contribution in [0.1, 0.15) is 24.8 Å². The molecule has 1 aliphatic carbocycles. The van der Waals surface area contributed by atoms with E-state index in [0.29, 0.717) is 5.38 Å². The topological polar surface area (TPSA) is 12.0 Å². The minimum atomic E-state index is 0.412. The maximum atomic E-state index is 6.09. The molecule has 0 amide bonds. The van der Waals surface area contributed by atoms with E-state index in [9.17, 15) is 0 Å². The molecular formula is C13H17BrClN. The average molecular weight is 303 g/mol. The van der Waals surface area contributed by atoms with Gasteiger partial charge < -0.3 is 5.32 Å². The van der Waals surface area contributed by atoms with Crippen LogP contribution in [0.2, 0.25) is 0 Å². The summed E-state index contributed by atoms with van der Waals surface area (Å²) >= 11 is 9.65. The Labute approximate surface area is 111 Å². The van der Waals surface area contributed by atoms with Crippen LogP contribution in [0.5, 0.6) is 0 Å². The van der Waals surface area contributed by atoms with Crippen molar-refractivity contribution in [3.8, 4) is 0 Å². The molecule has 1 nitrogen and oxygen atoms in total. The second kappa shape index (κ2) is 6.04. The Hall–Kier alpha value is -0.0500. The van der Waals surface area contributed by atoms with Gasteiger partial charge in [-0.25, -0.2) is 0 Å². The first-order valence-corrected chi connectivity index (χ1v) is 7.07. The first-order chi connectivity index (χ1) is 7.75. The maximum Gasteiger partial charge on any atom is 0.0339 e. The molecule has 2 rings (SSSR count). The molecule has 0 saturated heterocycles. The Kier molecular flexibility index (Phi) is 4.68. The number of rotatable bonds is 4. The van der Waals surface area contributed by atoms with Crippen molar-refractivity contribution in [2.24, 2.45) is 5.92 Å². The quantitative estimate of drug-likeness (QED) is 0.831. The van der Waals surface area contributed by atoms with Gasteiger partial charge in [0.2, 0.25) is 0 Å². The molecule has 1 aliphatic rings. The molecule has 16 heavy (non-hydrogen) atoms. The van der Waals surface area contributed by atoms with E-state index in [-0.39, 0.29) is 0 Å². The number of hydrogen-bond acceptors (Lipinski definition) is 1. The molecule has 1 aromatic rings. The Morgan fingerprint density at radius 3 is 2.81 bits per heavy atom. The molecule has 0 aromatic heterocycles. The fourth-order valence-electron chi connectivity index (χ4n) is 2.25. The molecule has 2 unspecified atom stereocenters. The standard InChI is InChI=1S/C13H17BrClN/c14-13-4-2-1-3-11(13)9-16-8-10-5-6-12(15)7-10/h1-4,10,12,16H,5-9H2. The van der Waals surface area contributed by atoms with Gasteiger partial charge in [0.25, 0.3) is 0 Å². The highest BCUT2D eigenvalue weighted by Gasteiger charge is 2.22. The predicted molar refractivity (Wildman–Crippen MR) is 72.8 cm³/mol. The van der Waals surface area contributed by atoms with Crippen molar-refractivity contribution in [2.75, 3.05) is 6.54 Å². The zero-order chi connectivity index (χ0) is 11.4. The van der Waals surface area contributed by atoms with E-state index < -0.39 is 0 Å². The van der Waals surface area contributed by atoms with Crippen LogP contribution in [0.4, 0.5) is 0 Å². The first-order valence-electron chi connectivity index (χ1n) is 5.84. The second-order valence-corrected chi connectivity index (χ2v) is 5.97. The highest BCUT2D eigenvalue weighted by molar-refractivity contribution is 9.10. The summed E-state index contributed by atoms with van der Waals surface area (Å²) in [5.41, 5.74) is 1.32. The molecule has 1 N–H and O–H groups in total. The SMILES string of the molecule is ClC1CCC(CNCc2ccccc2Br)C1. The minimum absolute atomic E-state index is 0.412. The van der Waals surface area contributed by atoms with Crippen molar-refractivity contribution in [2.45, 2.75) is 31.2 Å². The number of benzene rings is 1. The van der Waals surface area contributed by atoms with Gasteiger partial charge in [-0.05, 0) is 43.4 Å². The molecule has 3 heteroatoms. The van der Waals surface area contributed by atoms with Gasteiger partial charge in [-0.15, -0.1) is 11.6 Å². The third-order valence-electron chi connectivity index (χ3n) is 3.18. The van der Waals surface area contributed by atoms with Crippen molar-refractivity contribution >= 4 is 27.5 Å². The molecule has 1 saturated carbocycles. The number of hydrogen-bond donors (Lipinski definition) is 1. The van der Waals surface area contributed by atoms with Gasteiger partial charge >= 0.3 is 0 Å². The molecule has 0 spiro atoms. The maximum absolute atomic E-state index is 6.09. The molecule has 88 valence electrons. The van der Waals surface area contributed by atoms with Crippen molar-refractivity contribution in [1.82, 2.24) is 5.32 Å². The molecule has 1 fully saturated rings. The lowest BCUT2D eigenvalue weighted by Crippen LogP contribution is -2.21. The summed E-state index contributed by atoms with van der Waals surface area (Å²) in [5.74, 6) is 0.769. The lowest BCUT2D eigenvalue weighted by Gasteiger charge is -2.11. The van der Waals surface area contributed by atoms with Crippen molar-refractivity contribution < 1.29 is 0 Å². The van der Waals surface area contributed by atoms with Crippen LogP contribution in [-0.2, 0) is 6.54 Å². The fourth-order valence-corrected chi connectivity index (χ4v) is 3.05. The monoisotopic (exact) mass is 301 g/mol. The fraction of sp³-hybridized carbons (Fsp3) is 0.538. The van der Waals surface area contributed by atoms with Gasteiger partial charge in [-0.3, -0.25) is 0 Å². The summed E-state index contributed by atoms with van der Waals surface area (Å²) in [7, 11) is 0. The summed E-state index contributed by atoms with van der Waals surface area (Å²) in [6.45, 7) is 2.02. The molecular weight excluding hydrogens is 286 g/mol. The molecule has 0 bridgehead atoms. The number of halogens is 2. The summed E-state index contributed by atoms with van der Waals surface area (Å²) in [5, 5.41) is 3.93. The summed E-state index contributed by atoms with van der Waals surface area (Å²) in [4.78, 5) is 0. The Balaban J connectivity index is 1.74. The lowest BCUT2D eigenvalue weighted by molar-refractivity contribution is 0.489. The second-order valence-electron chi connectivity index (χ2n) is 4.50. The Bertz CT molecular complexity index is 342. The van der Waals surface area contributed by atoms with E-state index in [1.54, 1.807) is 0 Å². The first kappa shape index (κ1) is 12.4. The largest absolute Gasteiger partial charge is 0.312 e. The molecule has 1 aromatic carbocycles. The summed E-state index contributed by atoms with van der Waals surface area (Å²) in [6, 6.07) is 8.35. The predicted octanol–water partition coefficient (Wildman–Crippen LogP) is 3.95. The van der Waals surface area contributed by atoms with Gasteiger partial charge in [0, 0.05) is 16.4 Å². The van der Waals surface area contributed by atoms with Crippen LogP contribution < -0.4 is 5.32 Å². The number of alkyl halides is 1. The normalized spacial score (nSPS) is 24.9. The van der Waals surface area contributed by atoms with E-state index in [1.165, 1.54) is 29.3 Å². The molecule has 0 heterocycles. The summed E-state index contributed by atoms with van der Waals surface area (Å²) in [6.07, 6.45) is 3.63. The smallest absolute Gasteiger partial charge is 0.0339 e.